The first-order valence-corrected chi connectivity index (χ1v) is 7.09. The van der Waals surface area contributed by atoms with Crippen LogP contribution in [0.2, 0.25) is 0 Å². The average molecular weight is 348 g/mol. The first-order valence-electron chi connectivity index (χ1n) is 7.09. The number of halogens is 4. The molecule has 1 N–H and O–H groups in total. The van der Waals surface area contributed by atoms with Crippen molar-refractivity contribution in [2.75, 3.05) is 0 Å². The first-order chi connectivity index (χ1) is 11.2. The Morgan fingerprint density at radius 1 is 1.46 bits per heavy atom. The predicted molar refractivity (Wildman–Crippen MR) is 70.4 cm³/mol. The molecular weight excluding hydrogens is 336 g/mol. The van der Waals surface area contributed by atoms with Gasteiger partial charge in [0.2, 0.25) is 0 Å². The molecule has 0 aliphatic heterocycles. The van der Waals surface area contributed by atoms with Crippen LogP contribution in [0.5, 0.6) is 0 Å². The van der Waals surface area contributed by atoms with Crippen molar-refractivity contribution in [3.8, 4) is 0 Å². The molecule has 8 nitrogen and oxygen atoms in total. The molecule has 0 saturated heterocycles. The van der Waals surface area contributed by atoms with E-state index in [0.717, 1.165) is 23.7 Å². The van der Waals surface area contributed by atoms with Gasteiger partial charge in [0.25, 0.3) is 0 Å². The number of hydrogen-bond donors (Lipinski definition) is 1. The van der Waals surface area contributed by atoms with Crippen LogP contribution in [0, 0.1) is 22.0 Å². The summed E-state index contributed by atoms with van der Waals surface area (Å²) < 4.78 is 52.3. The minimum Gasteiger partial charge on any atom is -0.262 e. The van der Waals surface area contributed by atoms with Crippen LogP contribution in [0.25, 0.3) is 0 Å². The normalized spacial score (nSPS) is 16.3. The van der Waals surface area contributed by atoms with E-state index in [9.17, 15) is 27.7 Å². The van der Waals surface area contributed by atoms with Gasteiger partial charge < -0.3 is 0 Å². The number of nitrogens with zero attached hydrogens (tertiary/aromatic N) is 5. The zero-order chi connectivity index (χ0) is 17.5. The Morgan fingerprint density at radius 2 is 2.17 bits per heavy atom. The van der Waals surface area contributed by atoms with E-state index in [-0.39, 0.29) is 23.7 Å². The molecule has 2 aromatic heterocycles. The third-order valence-corrected chi connectivity index (χ3v) is 3.86. The van der Waals surface area contributed by atoms with Crippen molar-refractivity contribution in [3.05, 3.63) is 33.6 Å². The Kier molecular flexibility index (Phi) is 3.97. The predicted octanol–water partition coefficient (Wildman–Crippen LogP) is 2.35. The van der Waals surface area contributed by atoms with Crippen molar-refractivity contribution in [3.63, 3.8) is 0 Å². The van der Waals surface area contributed by atoms with E-state index in [1.807, 2.05) is 0 Å². The fourth-order valence-electron chi connectivity index (χ4n) is 2.58. The molecule has 1 atom stereocenters. The number of aromatic amines is 1. The Hall–Kier alpha value is -2.53. The zero-order valence-electron chi connectivity index (χ0n) is 12.1. The molecule has 1 fully saturated rings. The maximum Gasteiger partial charge on any atom is 0.394 e. The van der Waals surface area contributed by atoms with Gasteiger partial charge in [-0.3, -0.25) is 19.9 Å². The summed E-state index contributed by atoms with van der Waals surface area (Å²) in [5, 5.41) is 23.5. The summed E-state index contributed by atoms with van der Waals surface area (Å²) in [4.78, 5) is 9.84. The number of alkyl halides is 3. The largest absolute Gasteiger partial charge is 0.394 e. The van der Waals surface area contributed by atoms with E-state index in [2.05, 4.69) is 20.5 Å². The van der Waals surface area contributed by atoms with Crippen LogP contribution in [-0.2, 0) is 12.8 Å². The van der Waals surface area contributed by atoms with Crippen molar-refractivity contribution in [1.82, 2.24) is 25.2 Å². The third-order valence-electron chi connectivity index (χ3n) is 3.86. The summed E-state index contributed by atoms with van der Waals surface area (Å²) in [7, 11) is 0. The second-order valence-electron chi connectivity index (χ2n) is 5.68. The molecule has 130 valence electrons. The van der Waals surface area contributed by atoms with Gasteiger partial charge in [-0.1, -0.05) is 5.21 Å². The molecule has 0 spiro atoms. The van der Waals surface area contributed by atoms with Crippen LogP contribution < -0.4 is 0 Å². The standard InChI is InChI=1S/C12H12F4N6O2/c13-11-10(22(23)24)5-21(19-11)9(6-1-2-6)3-7-8(18-20-17-7)4-12(14,15)16/h5-6,9H,1-4H2,(H,17,18,20)/t9-/m1/s1. The first kappa shape index (κ1) is 16.3. The van der Waals surface area contributed by atoms with Crippen LogP contribution >= 0.6 is 0 Å². The molecule has 3 rings (SSSR count). The second-order valence-corrected chi connectivity index (χ2v) is 5.68. The molecule has 1 aliphatic carbocycles. The van der Waals surface area contributed by atoms with Crippen LogP contribution in [0.15, 0.2) is 6.20 Å². The van der Waals surface area contributed by atoms with Crippen LogP contribution in [-0.4, -0.2) is 36.3 Å². The average Bonchev–Trinajstić information content (AvgIpc) is 3.09. The van der Waals surface area contributed by atoms with E-state index in [1.165, 1.54) is 0 Å². The molecular formula is C12H12F4N6O2. The van der Waals surface area contributed by atoms with Crippen molar-refractivity contribution in [2.24, 2.45) is 5.92 Å². The van der Waals surface area contributed by atoms with Gasteiger partial charge in [-0.05, 0) is 18.8 Å². The number of aromatic nitrogens is 5. The summed E-state index contributed by atoms with van der Waals surface area (Å²) in [6, 6.07) is -0.498. The van der Waals surface area contributed by atoms with E-state index in [4.69, 9.17) is 0 Å². The topological polar surface area (TPSA) is 103 Å². The smallest absolute Gasteiger partial charge is 0.262 e. The van der Waals surface area contributed by atoms with Crippen LogP contribution in [0.4, 0.5) is 23.2 Å². The lowest BCUT2D eigenvalue weighted by Gasteiger charge is -2.16. The number of nitro groups is 1. The van der Waals surface area contributed by atoms with Gasteiger partial charge in [-0.15, -0.1) is 10.2 Å². The highest BCUT2D eigenvalue weighted by Gasteiger charge is 2.37. The monoisotopic (exact) mass is 348 g/mol. The fraction of sp³-hybridized carbons (Fsp3) is 0.583. The summed E-state index contributed by atoms with van der Waals surface area (Å²) in [6.07, 6.45) is -3.07. The fourth-order valence-corrected chi connectivity index (χ4v) is 2.58. The lowest BCUT2D eigenvalue weighted by Crippen LogP contribution is -2.18. The number of hydrogen-bond acceptors (Lipinski definition) is 5. The van der Waals surface area contributed by atoms with Gasteiger partial charge in [-0.2, -0.15) is 17.6 Å². The lowest BCUT2D eigenvalue weighted by atomic mass is 10.0. The number of rotatable bonds is 6. The van der Waals surface area contributed by atoms with Crippen molar-refractivity contribution < 1.29 is 22.5 Å². The van der Waals surface area contributed by atoms with E-state index in [1.54, 1.807) is 0 Å². The van der Waals surface area contributed by atoms with Gasteiger partial charge in [0.1, 0.15) is 6.20 Å². The Bertz CT molecular complexity index is 751. The maximum absolute atomic E-state index is 13.5. The lowest BCUT2D eigenvalue weighted by molar-refractivity contribution is -0.387. The van der Waals surface area contributed by atoms with Gasteiger partial charge in [0.15, 0.2) is 0 Å². The Morgan fingerprint density at radius 3 is 2.71 bits per heavy atom. The highest BCUT2D eigenvalue weighted by molar-refractivity contribution is 5.24. The molecule has 24 heavy (non-hydrogen) atoms. The van der Waals surface area contributed by atoms with Crippen molar-refractivity contribution in [2.45, 2.75) is 37.9 Å². The maximum atomic E-state index is 13.5. The Balaban J connectivity index is 1.85. The van der Waals surface area contributed by atoms with Crippen LogP contribution in [0.1, 0.15) is 30.3 Å². The molecule has 0 radical (unpaired) electrons. The molecule has 1 aliphatic rings. The molecule has 12 heteroatoms. The molecule has 2 heterocycles. The van der Waals surface area contributed by atoms with Crippen LogP contribution in [0.3, 0.4) is 0 Å². The van der Waals surface area contributed by atoms with E-state index >= 15 is 0 Å². The third kappa shape index (κ3) is 3.51. The molecule has 1 saturated carbocycles. The summed E-state index contributed by atoms with van der Waals surface area (Å²) in [5.74, 6) is -1.16. The minimum atomic E-state index is -4.43. The minimum absolute atomic E-state index is 0.0569. The molecule has 0 amide bonds. The van der Waals surface area contributed by atoms with Crippen molar-refractivity contribution >= 4 is 5.69 Å². The van der Waals surface area contributed by atoms with Gasteiger partial charge in [0, 0.05) is 6.42 Å². The summed E-state index contributed by atoms with van der Waals surface area (Å²) in [6.45, 7) is 0. The quantitative estimate of drug-likeness (QED) is 0.490. The molecule has 0 aromatic carbocycles. The highest BCUT2D eigenvalue weighted by atomic mass is 19.4. The SMILES string of the molecule is O=[N+]([O-])c1cn([C@H](Cc2[nH]nnc2CC(F)(F)F)C2CC2)nc1F. The number of nitrogens with one attached hydrogen (secondary N) is 1. The van der Waals surface area contributed by atoms with E-state index in [0.29, 0.717) is 0 Å². The Labute approximate surface area is 132 Å². The van der Waals surface area contributed by atoms with Gasteiger partial charge in [0.05, 0.1) is 28.8 Å². The second kappa shape index (κ2) is 5.83. The molecule has 2 aromatic rings. The summed E-state index contributed by atoms with van der Waals surface area (Å²) >= 11 is 0. The summed E-state index contributed by atoms with van der Waals surface area (Å²) in [5.41, 5.74) is -0.836. The van der Waals surface area contributed by atoms with Gasteiger partial charge in [-0.25, -0.2) is 0 Å². The molecule has 0 unspecified atom stereocenters. The highest BCUT2D eigenvalue weighted by Crippen LogP contribution is 2.42. The molecule has 0 bridgehead atoms. The number of H-pyrrole nitrogens is 1. The van der Waals surface area contributed by atoms with Crippen molar-refractivity contribution in [1.29, 1.82) is 0 Å². The van der Waals surface area contributed by atoms with Gasteiger partial charge >= 0.3 is 17.8 Å². The zero-order valence-corrected chi connectivity index (χ0v) is 12.1. The van der Waals surface area contributed by atoms with E-state index < -0.39 is 35.2 Å².